The van der Waals surface area contributed by atoms with Crippen LogP contribution in [-0.2, 0) is 0 Å². The quantitative estimate of drug-likeness (QED) is 0.587. The first-order valence-corrected chi connectivity index (χ1v) is 4.32. The van der Waals surface area contributed by atoms with Gasteiger partial charge in [0.25, 0.3) is 0 Å². The first kappa shape index (κ1) is 9.05. The number of benzene rings is 1. The van der Waals surface area contributed by atoms with Crippen LogP contribution in [0.2, 0.25) is 0 Å². The zero-order valence-electron chi connectivity index (χ0n) is 8.31. The molecule has 0 N–H and O–H groups in total. The first-order valence-electron chi connectivity index (χ1n) is 4.32. The van der Waals surface area contributed by atoms with Gasteiger partial charge < -0.3 is 0 Å². The Bertz CT molecular complexity index is 302. The highest BCUT2D eigenvalue weighted by molar-refractivity contribution is 5.53. The topological polar surface area (TPSA) is 0 Å². The summed E-state index contributed by atoms with van der Waals surface area (Å²) in [4.78, 5) is 0. The molecule has 0 spiro atoms. The van der Waals surface area contributed by atoms with Crippen molar-refractivity contribution in [3.63, 3.8) is 0 Å². The summed E-state index contributed by atoms with van der Waals surface area (Å²) in [5.74, 6) is 0. The van der Waals surface area contributed by atoms with Crippen LogP contribution in [-0.4, -0.2) is 0 Å². The summed E-state index contributed by atoms with van der Waals surface area (Å²) in [5, 5.41) is 0. The molecule has 0 radical (unpaired) electrons. The van der Waals surface area contributed by atoms with Crippen molar-refractivity contribution in [2.45, 2.75) is 27.7 Å². The van der Waals surface area contributed by atoms with E-state index in [-0.39, 0.29) is 0 Å². The maximum absolute atomic E-state index is 2.22. The predicted octanol–water partition coefficient (Wildman–Crippen LogP) is 3.73. The van der Waals surface area contributed by atoms with Crippen LogP contribution in [0, 0.1) is 13.8 Å². The third-order valence-electron chi connectivity index (χ3n) is 1.99. The summed E-state index contributed by atoms with van der Waals surface area (Å²) in [6.07, 6.45) is 2.20. The lowest BCUT2D eigenvalue weighted by Gasteiger charge is -2.01. The molecule has 0 fully saturated rings. The van der Waals surface area contributed by atoms with Gasteiger partial charge in [0, 0.05) is 0 Å². The van der Waals surface area contributed by atoms with Gasteiger partial charge in [-0.1, -0.05) is 29.8 Å². The average molecular weight is 160 g/mol. The number of hydrogen-bond acceptors (Lipinski definition) is 0. The Hall–Kier alpha value is -1.04. The van der Waals surface area contributed by atoms with Crippen LogP contribution in [0.4, 0.5) is 0 Å². The van der Waals surface area contributed by atoms with Gasteiger partial charge >= 0.3 is 0 Å². The maximum atomic E-state index is 2.22. The minimum atomic E-state index is 1.30. The van der Waals surface area contributed by atoms with Gasteiger partial charge in [0.15, 0.2) is 0 Å². The van der Waals surface area contributed by atoms with E-state index >= 15 is 0 Å². The van der Waals surface area contributed by atoms with Gasteiger partial charge in [0.1, 0.15) is 0 Å². The van der Waals surface area contributed by atoms with Crippen molar-refractivity contribution in [3.05, 3.63) is 40.5 Å². The van der Waals surface area contributed by atoms with Crippen molar-refractivity contribution in [1.29, 1.82) is 0 Å². The van der Waals surface area contributed by atoms with Crippen molar-refractivity contribution in [2.75, 3.05) is 0 Å². The molecule has 0 atom stereocenters. The lowest BCUT2D eigenvalue weighted by atomic mass is 10.1. The van der Waals surface area contributed by atoms with Gasteiger partial charge in [-0.3, -0.25) is 0 Å². The molecular weight excluding hydrogens is 144 g/mol. The lowest BCUT2D eigenvalue weighted by Crippen LogP contribution is -1.81. The summed E-state index contributed by atoms with van der Waals surface area (Å²) < 4.78 is 0. The molecule has 0 bridgehead atoms. The zero-order chi connectivity index (χ0) is 9.14. The van der Waals surface area contributed by atoms with E-state index in [2.05, 4.69) is 52.0 Å². The Balaban J connectivity index is 3.05. The fourth-order valence-electron chi connectivity index (χ4n) is 1.19. The van der Waals surface area contributed by atoms with Gasteiger partial charge in [-0.2, -0.15) is 0 Å². The van der Waals surface area contributed by atoms with Crippen molar-refractivity contribution in [2.24, 2.45) is 0 Å². The van der Waals surface area contributed by atoms with E-state index in [1.807, 2.05) is 0 Å². The monoisotopic (exact) mass is 160 g/mol. The molecule has 1 aromatic rings. The molecule has 0 saturated heterocycles. The lowest BCUT2D eigenvalue weighted by molar-refractivity contribution is 1.33. The van der Waals surface area contributed by atoms with Crippen molar-refractivity contribution >= 4 is 6.08 Å². The van der Waals surface area contributed by atoms with Crippen LogP contribution in [0.25, 0.3) is 6.08 Å². The molecule has 0 unspecified atom stereocenters. The van der Waals surface area contributed by atoms with E-state index in [4.69, 9.17) is 0 Å². The van der Waals surface area contributed by atoms with Crippen LogP contribution in [0.1, 0.15) is 30.5 Å². The van der Waals surface area contributed by atoms with Crippen molar-refractivity contribution in [3.8, 4) is 0 Å². The van der Waals surface area contributed by atoms with Gasteiger partial charge in [-0.05, 0) is 44.4 Å². The summed E-state index contributed by atoms with van der Waals surface area (Å²) in [7, 11) is 0. The molecular formula is C12H16. The molecule has 1 aromatic carbocycles. The summed E-state index contributed by atoms with van der Waals surface area (Å²) in [6, 6.07) is 6.56. The van der Waals surface area contributed by atoms with E-state index < -0.39 is 0 Å². The highest BCUT2D eigenvalue weighted by atomic mass is 14.0. The van der Waals surface area contributed by atoms with Gasteiger partial charge in [-0.15, -0.1) is 0 Å². The molecule has 64 valence electrons. The molecule has 0 aliphatic carbocycles. The van der Waals surface area contributed by atoms with E-state index in [0.29, 0.717) is 0 Å². The minimum absolute atomic E-state index is 1.30. The zero-order valence-corrected chi connectivity index (χ0v) is 8.31. The smallest absolute Gasteiger partial charge is 0.0254 e. The van der Waals surface area contributed by atoms with Crippen LogP contribution < -0.4 is 0 Å². The molecule has 0 aliphatic rings. The first-order chi connectivity index (χ1) is 5.59. The van der Waals surface area contributed by atoms with Crippen LogP contribution in [0.3, 0.4) is 0 Å². The van der Waals surface area contributed by atoms with E-state index in [9.17, 15) is 0 Å². The standard InChI is InChI=1S/C12H16/c1-9(2)7-12-6-5-10(3)11(4)8-12/h5-8H,1-4H3. The number of aryl methyl sites for hydroxylation is 2. The second-order valence-corrected chi connectivity index (χ2v) is 3.57. The van der Waals surface area contributed by atoms with Crippen LogP contribution >= 0.6 is 0 Å². The Morgan fingerprint density at radius 3 is 2.25 bits per heavy atom. The van der Waals surface area contributed by atoms with E-state index in [1.54, 1.807) is 0 Å². The summed E-state index contributed by atoms with van der Waals surface area (Å²) in [6.45, 7) is 8.53. The predicted molar refractivity (Wildman–Crippen MR) is 55.2 cm³/mol. The molecule has 0 amide bonds. The SMILES string of the molecule is CC(C)=Cc1ccc(C)c(C)c1. The summed E-state index contributed by atoms with van der Waals surface area (Å²) >= 11 is 0. The molecule has 0 heterocycles. The maximum Gasteiger partial charge on any atom is -0.0254 e. The minimum Gasteiger partial charge on any atom is -0.0758 e. The van der Waals surface area contributed by atoms with Gasteiger partial charge in [0.2, 0.25) is 0 Å². The molecule has 0 nitrogen and oxygen atoms in total. The second kappa shape index (κ2) is 3.57. The Kier molecular flexibility index (Phi) is 2.69. The summed E-state index contributed by atoms with van der Waals surface area (Å²) in [5.41, 5.74) is 5.38. The number of hydrogen-bond donors (Lipinski definition) is 0. The van der Waals surface area contributed by atoms with Gasteiger partial charge in [-0.25, -0.2) is 0 Å². The highest BCUT2D eigenvalue weighted by Crippen LogP contribution is 2.12. The fourth-order valence-corrected chi connectivity index (χ4v) is 1.19. The third kappa shape index (κ3) is 2.23. The Labute approximate surface area is 74.9 Å². The van der Waals surface area contributed by atoms with Crippen molar-refractivity contribution < 1.29 is 0 Å². The van der Waals surface area contributed by atoms with E-state index in [1.165, 1.54) is 22.3 Å². The van der Waals surface area contributed by atoms with Crippen LogP contribution in [0.5, 0.6) is 0 Å². The molecule has 1 rings (SSSR count). The number of rotatable bonds is 1. The number of allylic oxidation sites excluding steroid dienone is 1. The molecule has 0 aliphatic heterocycles. The van der Waals surface area contributed by atoms with Gasteiger partial charge in [0.05, 0.1) is 0 Å². The van der Waals surface area contributed by atoms with E-state index in [0.717, 1.165) is 0 Å². The fraction of sp³-hybridized carbons (Fsp3) is 0.333. The molecule has 12 heavy (non-hydrogen) atoms. The average Bonchev–Trinajstić information content (AvgIpc) is 1.96. The normalized spacial score (nSPS) is 9.67. The molecule has 0 aromatic heterocycles. The molecule has 0 heteroatoms. The molecule has 0 saturated carbocycles. The van der Waals surface area contributed by atoms with Crippen molar-refractivity contribution in [1.82, 2.24) is 0 Å². The highest BCUT2D eigenvalue weighted by Gasteiger charge is 1.92. The Morgan fingerprint density at radius 1 is 1.08 bits per heavy atom. The largest absolute Gasteiger partial charge is 0.0758 e. The second-order valence-electron chi connectivity index (χ2n) is 3.57. The Morgan fingerprint density at radius 2 is 1.75 bits per heavy atom. The van der Waals surface area contributed by atoms with Crippen LogP contribution in [0.15, 0.2) is 23.8 Å². The third-order valence-corrected chi connectivity index (χ3v) is 1.99.